The Morgan fingerprint density at radius 1 is 0.415 bits per heavy atom. The van der Waals surface area contributed by atoms with E-state index < -0.39 is 36.1 Å². The number of rotatable bonds is 40. The molecule has 0 aliphatic carbocycles. The minimum Gasteiger partial charge on any atom is -0.546 e. The summed E-state index contributed by atoms with van der Waals surface area (Å²) in [5.41, 5.74) is 2.49. The van der Waals surface area contributed by atoms with Crippen molar-refractivity contribution in [2.24, 2.45) is 0 Å². The smallest absolute Gasteiger partial charge is 0.546 e. The van der Waals surface area contributed by atoms with Crippen LogP contribution in [0.3, 0.4) is 0 Å². The van der Waals surface area contributed by atoms with Crippen LogP contribution < -0.4 is 10.2 Å². The van der Waals surface area contributed by atoms with E-state index in [9.17, 15) is 29.4 Å². The van der Waals surface area contributed by atoms with Gasteiger partial charge in [0, 0.05) is 13.8 Å². The molecule has 0 N–H and O–H groups in total. The van der Waals surface area contributed by atoms with Gasteiger partial charge in [0.05, 0.1) is 37.4 Å². The van der Waals surface area contributed by atoms with Crippen LogP contribution in [0.25, 0.3) is 0 Å². The van der Waals surface area contributed by atoms with Gasteiger partial charge in [0.25, 0.3) is 0 Å². The number of carbonyl (C=O) groups is 4. The van der Waals surface area contributed by atoms with Crippen molar-refractivity contribution in [2.45, 2.75) is 245 Å². The van der Waals surface area contributed by atoms with Crippen LogP contribution in [0, 0.1) is 0 Å². The molecular weight excluding hydrogens is 946 g/mol. The Labute approximate surface area is 434 Å². The van der Waals surface area contributed by atoms with E-state index in [2.05, 4.69) is 62.4 Å². The van der Waals surface area contributed by atoms with Gasteiger partial charge in [-0.05, 0) is 62.5 Å². The molecule has 2 aromatic carbocycles. The van der Waals surface area contributed by atoms with Crippen molar-refractivity contribution in [3.05, 3.63) is 71.8 Å². The molecule has 0 aromatic heterocycles. The van der Waals surface area contributed by atoms with Crippen LogP contribution >= 0.6 is 0 Å². The SMILES string of the molecule is CCCCC(CCCCCCCCCCCC(OC(C)=O)C(=O)[O-])OCc1ccccc1.CCCCC(CCCCCCCCCCCC(OC(C)=O)C(=O)[O-])OCc1ccccc1.[Ba+2]. The second kappa shape index (κ2) is 44.3. The first-order valence-corrected chi connectivity index (χ1v) is 25.1. The third kappa shape index (κ3) is 38.5. The molecule has 4 atom stereocenters. The first kappa shape index (κ1) is 62.8. The number of ether oxygens (including phenoxy) is 4. The molecule has 11 heteroatoms. The van der Waals surface area contributed by atoms with Gasteiger partial charge >= 0.3 is 60.8 Å². The molecule has 0 radical (unpaired) electrons. The first-order valence-electron chi connectivity index (χ1n) is 25.1. The summed E-state index contributed by atoms with van der Waals surface area (Å²) in [6.07, 6.45) is 29.0. The Bertz CT molecular complexity index is 1320. The summed E-state index contributed by atoms with van der Waals surface area (Å²) in [5.74, 6) is -3.75. The number of carboxylic acids is 2. The van der Waals surface area contributed by atoms with Gasteiger partial charge in [-0.25, -0.2) is 0 Å². The molecule has 65 heavy (non-hydrogen) atoms. The molecule has 0 heterocycles. The van der Waals surface area contributed by atoms with Crippen LogP contribution in [-0.2, 0) is 51.3 Å². The van der Waals surface area contributed by atoms with E-state index in [1.807, 2.05) is 12.1 Å². The van der Waals surface area contributed by atoms with E-state index in [-0.39, 0.29) is 48.9 Å². The molecule has 2 rings (SSSR count). The van der Waals surface area contributed by atoms with Crippen LogP contribution in [0.15, 0.2) is 60.7 Å². The molecule has 2 aromatic rings. The van der Waals surface area contributed by atoms with E-state index in [0.717, 1.165) is 64.2 Å². The van der Waals surface area contributed by atoms with E-state index >= 15 is 0 Å². The largest absolute Gasteiger partial charge is 2.00 e. The Balaban J connectivity index is 0.00000124. The second-order valence-corrected chi connectivity index (χ2v) is 17.5. The average molecular weight is 1030 g/mol. The monoisotopic (exact) mass is 1030 g/mol. The van der Waals surface area contributed by atoms with Crippen molar-refractivity contribution in [1.82, 2.24) is 0 Å². The molecular formula is C54H86BaO10. The zero-order valence-corrected chi connectivity index (χ0v) is 45.5. The van der Waals surface area contributed by atoms with Gasteiger partial charge < -0.3 is 38.7 Å². The molecule has 0 aliphatic rings. The fourth-order valence-electron chi connectivity index (χ4n) is 7.79. The average Bonchev–Trinajstić information content (AvgIpc) is 3.28. The number of carbonyl (C=O) groups excluding carboxylic acids is 4. The molecule has 0 spiro atoms. The standard InChI is InChI=1S/2C27H44O5.Ba/c2*1-3-4-19-25(31-22-24-17-13-12-14-18-24)20-15-10-8-6-5-7-9-11-16-21-26(27(29)30)32-23(2)28;/h2*12-14,17-18,25-26H,3-11,15-16,19-22H2,1-2H3,(H,29,30);/q;;+2/p-2. The normalized spacial score (nSPS) is 12.7. The summed E-state index contributed by atoms with van der Waals surface area (Å²) in [5, 5.41) is 21.9. The minimum atomic E-state index is -1.30. The molecule has 10 nitrogen and oxygen atoms in total. The van der Waals surface area contributed by atoms with Gasteiger partial charge in [0.2, 0.25) is 0 Å². The fraction of sp³-hybridized carbons (Fsp3) is 0.704. The zero-order chi connectivity index (χ0) is 46.9. The molecule has 0 aliphatic heterocycles. The Kier molecular flexibility index (Phi) is 42.8. The third-order valence-corrected chi connectivity index (χ3v) is 11.5. The van der Waals surface area contributed by atoms with Crippen molar-refractivity contribution >= 4 is 72.8 Å². The topological polar surface area (TPSA) is 151 Å². The van der Waals surface area contributed by atoms with Crippen LogP contribution in [-0.4, -0.2) is 97.2 Å². The quantitative estimate of drug-likeness (QED) is 0.0358. The Morgan fingerprint density at radius 2 is 0.677 bits per heavy atom. The van der Waals surface area contributed by atoms with Crippen LogP contribution in [0.2, 0.25) is 0 Å². The molecule has 0 saturated carbocycles. The van der Waals surface area contributed by atoms with E-state index in [0.29, 0.717) is 38.3 Å². The van der Waals surface area contributed by atoms with Crippen molar-refractivity contribution in [3.63, 3.8) is 0 Å². The van der Waals surface area contributed by atoms with Gasteiger partial charge in [0.15, 0.2) is 0 Å². The summed E-state index contributed by atoms with van der Waals surface area (Å²) < 4.78 is 21.9. The summed E-state index contributed by atoms with van der Waals surface area (Å²) >= 11 is 0. The zero-order valence-electron chi connectivity index (χ0n) is 41.1. The number of hydrogen-bond donors (Lipinski definition) is 0. The van der Waals surface area contributed by atoms with E-state index in [1.54, 1.807) is 0 Å². The molecule has 0 amide bonds. The molecule has 364 valence electrons. The fourth-order valence-corrected chi connectivity index (χ4v) is 7.79. The van der Waals surface area contributed by atoms with Gasteiger partial charge in [-0.2, -0.15) is 0 Å². The number of aliphatic carboxylic acids is 2. The van der Waals surface area contributed by atoms with Crippen LogP contribution in [0.1, 0.15) is 219 Å². The van der Waals surface area contributed by atoms with Crippen LogP contribution in [0.5, 0.6) is 0 Å². The van der Waals surface area contributed by atoms with Gasteiger partial charge in [0.1, 0.15) is 12.2 Å². The number of benzene rings is 2. The second-order valence-electron chi connectivity index (χ2n) is 17.5. The number of hydrogen-bond acceptors (Lipinski definition) is 10. The predicted octanol–water partition coefficient (Wildman–Crippen LogP) is 11.1. The summed E-state index contributed by atoms with van der Waals surface area (Å²) in [4.78, 5) is 43.6. The third-order valence-electron chi connectivity index (χ3n) is 11.5. The minimum absolute atomic E-state index is 0. The van der Waals surface area contributed by atoms with E-state index in [4.69, 9.17) is 18.9 Å². The van der Waals surface area contributed by atoms with Gasteiger partial charge in [-0.3, -0.25) is 9.59 Å². The maximum Gasteiger partial charge on any atom is 2.00 e. The Hall–Kier alpha value is -2.19. The molecule has 0 fully saturated rings. The van der Waals surface area contributed by atoms with Crippen molar-refractivity contribution < 1.29 is 48.3 Å². The number of unbranched alkanes of at least 4 members (excludes halogenated alkanes) is 18. The summed E-state index contributed by atoms with van der Waals surface area (Å²) in [6.45, 7) is 8.32. The predicted molar refractivity (Wildman–Crippen MR) is 258 cm³/mol. The first-order chi connectivity index (χ1) is 31.0. The maximum atomic E-state index is 10.9. The Morgan fingerprint density at radius 3 is 0.938 bits per heavy atom. The van der Waals surface area contributed by atoms with Gasteiger partial charge in [-0.15, -0.1) is 0 Å². The molecule has 0 saturated heterocycles. The van der Waals surface area contributed by atoms with E-state index in [1.165, 1.54) is 128 Å². The van der Waals surface area contributed by atoms with Crippen molar-refractivity contribution in [1.29, 1.82) is 0 Å². The molecule has 4 unspecified atom stereocenters. The summed E-state index contributed by atoms with van der Waals surface area (Å²) in [7, 11) is 0. The molecule has 0 bridgehead atoms. The summed E-state index contributed by atoms with van der Waals surface area (Å²) in [6, 6.07) is 20.8. The van der Waals surface area contributed by atoms with Crippen molar-refractivity contribution in [3.8, 4) is 0 Å². The maximum absolute atomic E-state index is 10.9. The van der Waals surface area contributed by atoms with Crippen LogP contribution in [0.4, 0.5) is 0 Å². The number of esters is 2. The van der Waals surface area contributed by atoms with Crippen molar-refractivity contribution in [2.75, 3.05) is 0 Å². The van der Waals surface area contributed by atoms with Gasteiger partial charge in [-0.1, -0.05) is 203 Å². The number of carboxylic acid groups (broad SMARTS) is 2.